The molecule has 98 valence electrons. The van der Waals surface area contributed by atoms with Crippen LogP contribution in [0.4, 0.5) is 4.79 Å². The van der Waals surface area contributed by atoms with Crippen LogP contribution in [-0.2, 0) is 9.53 Å². The number of nitrogens with zero attached hydrogens (tertiary/aromatic N) is 1. The molecule has 0 saturated heterocycles. The van der Waals surface area contributed by atoms with Crippen molar-refractivity contribution in [2.75, 3.05) is 26.7 Å². The van der Waals surface area contributed by atoms with E-state index < -0.39 is 12.1 Å². The molecule has 6 heteroatoms. The standard InChI is InChI=1S/C11H20N2O4/c1-3-13(7-8-4-5-8)11(16)12-6-9(17-2)10(14)15/h8-9H,3-7H2,1-2H3,(H,12,16)(H,14,15). The average molecular weight is 244 g/mol. The van der Waals surface area contributed by atoms with E-state index in [9.17, 15) is 9.59 Å². The Morgan fingerprint density at radius 1 is 1.53 bits per heavy atom. The molecule has 2 N–H and O–H groups in total. The molecule has 1 rings (SSSR count). The van der Waals surface area contributed by atoms with Gasteiger partial charge in [0, 0.05) is 20.2 Å². The van der Waals surface area contributed by atoms with E-state index in [0.29, 0.717) is 12.5 Å². The number of hydrogen-bond acceptors (Lipinski definition) is 3. The van der Waals surface area contributed by atoms with Gasteiger partial charge in [0.25, 0.3) is 0 Å². The second-order valence-corrected chi connectivity index (χ2v) is 4.23. The van der Waals surface area contributed by atoms with Gasteiger partial charge in [0.1, 0.15) is 0 Å². The molecule has 1 unspecified atom stereocenters. The van der Waals surface area contributed by atoms with Crippen LogP contribution in [0.25, 0.3) is 0 Å². The number of carbonyl (C=O) groups is 2. The number of carboxylic acids is 1. The lowest BCUT2D eigenvalue weighted by Gasteiger charge is -2.22. The van der Waals surface area contributed by atoms with E-state index in [2.05, 4.69) is 5.32 Å². The van der Waals surface area contributed by atoms with E-state index in [1.54, 1.807) is 4.90 Å². The fourth-order valence-electron chi connectivity index (χ4n) is 1.53. The summed E-state index contributed by atoms with van der Waals surface area (Å²) in [6.07, 6.45) is 1.37. The average Bonchev–Trinajstić information content (AvgIpc) is 3.09. The molecule has 0 aromatic carbocycles. The van der Waals surface area contributed by atoms with Crippen LogP contribution in [-0.4, -0.2) is 54.9 Å². The maximum Gasteiger partial charge on any atom is 0.334 e. The van der Waals surface area contributed by atoms with Gasteiger partial charge in [-0.15, -0.1) is 0 Å². The van der Waals surface area contributed by atoms with Crippen LogP contribution in [0, 0.1) is 5.92 Å². The zero-order chi connectivity index (χ0) is 12.8. The van der Waals surface area contributed by atoms with Gasteiger partial charge in [0.05, 0.1) is 6.54 Å². The molecule has 0 bridgehead atoms. The van der Waals surface area contributed by atoms with Crippen LogP contribution in [0.3, 0.4) is 0 Å². The lowest BCUT2D eigenvalue weighted by atomic mass is 10.3. The van der Waals surface area contributed by atoms with Crippen LogP contribution >= 0.6 is 0 Å². The number of aliphatic carboxylic acids is 1. The lowest BCUT2D eigenvalue weighted by molar-refractivity contribution is -0.148. The summed E-state index contributed by atoms with van der Waals surface area (Å²) in [6, 6.07) is -0.220. The predicted molar refractivity (Wildman–Crippen MR) is 61.8 cm³/mol. The van der Waals surface area contributed by atoms with Gasteiger partial charge in [-0.25, -0.2) is 9.59 Å². The largest absolute Gasteiger partial charge is 0.479 e. The van der Waals surface area contributed by atoms with Crippen LogP contribution in [0.5, 0.6) is 0 Å². The number of hydrogen-bond donors (Lipinski definition) is 2. The minimum atomic E-state index is -1.07. The maximum absolute atomic E-state index is 11.7. The summed E-state index contributed by atoms with van der Waals surface area (Å²) >= 11 is 0. The third-order valence-electron chi connectivity index (χ3n) is 2.84. The summed E-state index contributed by atoms with van der Waals surface area (Å²) in [4.78, 5) is 24.1. The quantitative estimate of drug-likeness (QED) is 0.684. The van der Waals surface area contributed by atoms with Crippen molar-refractivity contribution in [3.63, 3.8) is 0 Å². The fraction of sp³-hybridized carbons (Fsp3) is 0.818. The zero-order valence-corrected chi connectivity index (χ0v) is 10.3. The molecule has 1 atom stereocenters. The van der Waals surface area contributed by atoms with Crippen LogP contribution in [0.1, 0.15) is 19.8 Å². The number of ether oxygens (including phenoxy) is 1. The van der Waals surface area contributed by atoms with Gasteiger partial charge in [0.15, 0.2) is 6.10 Å². The van der Waals surface area contributed by atoms with Gasteiger partial charge in [-0.1, -0.05) is 0 Å². The van der Waals surface area contributed by atoms with Gasteiger partial charge in [-0.2, -0.15) is 0 Å². The maximum atomic E-state index is 11.7. The number of carboxylic acid groups (broad SMARTS) is 1. The third-order valence-corrected chi connectivity index (χ3v) is 2.84. The number of rotatable bonds is 7. The highest BCUT2D eigenvalue weighted by Crippen LogP contribution is 2.29. The molecule has 1 aliphatic carbocycles. The number of carbonyl (C=O) groups excluding carboxylic acids is 1. The van der Waals surface area contributed by atoms with Gasteiger partial charge in [0.2, 0.25) is 0 Å². The highest BCUT2D eigenvalue weighted by molar-refractivity contribution is 5.77. The summed E-state index contributed by atoms with van der Waals surface area (Å²) in [5, 5.41) is 11.3. The van der Waals surface area contributed by atoms with Crippen molar-refractivity contribution in [3.8, 4) is 0 Å². The van der Waals surface area contributed by atoms with Crippen LogP contribution < -0.4 is 5.32 Å². The Hall–Kier alpha value is -1.30. The van der Waals surface area contributed by atoms with Crippen molar-refractivity contribution in [1.29, 1.82) is 0 Å². The molecule has 2 amide bonds. The zero-order valence-electron chi connectivity index (χ0n) is 10.3. The van der Waals surface area contributed by atoms with E-state index in [0.717, 1.165) is 6.54 Å². The minimum absolute atomic E-state index is 0.00810. The first-order valence-electron chi connectivity index (χ1n) is 5.86. The Labute approximate surface area is 101 Å². The summed E-state index contributed by atoms with van der Waals surface area (Å²) < 4.78 is 4.74. The molecular weight excluding hydrogens is 224 g/mol. The van der Waals surface area contributed by atoms with Gasteiger partial charge < -0.3 is 20.1 Å². The van der Waals surface area contributed by atoms with Crippen molar-refractivity contribution >= 4 is 12.0 Å². The Bertz CT molecular complexity index is 279. The monoisotopic (exact) mass is 244 g/mol. The van der Waals surface area contributed by atoms with Crippen LogP contribution in [0.15, 0.2) is 0 Å². The first-order valence-corrected chi connectivity index (χ1v) is 5.86. The molecule has 0 radical (unpaired) electrons. The van der Waals surface area contributed by atoms with Crippen LogP contribution in [0.2, 0.25) is 0 Å². The normalized spacial score (nSPS) is 16.4. The summed E-state index contributed by atoms with van der Waals surface area (Å²) in [6.45, 7) is 3.29. The molecule has 1 saturated carbocycles. The topological polar surface area (TPSA) is 78.9 Å². The molecule has 0 heterocycles. The molecule has 0 aromatic rings. The smallest absolute Gasteiger partial charge is 0.334 e. The Morgan fingerprint density at radius 2 is 2.18 bits per heavy atom. The van der Waals surface area contributed by atoms with Crippen molar-refractivity contribution in [2.24, 2.45) is 5.92 Å². The van der Waals surface area contributed by atoms with E-state index >= 15 is 0 Å². The SMILES string of the molecule is CCN(CC1CC1)C(=O)NCC(OC)C(=O)O. The van der Waals surface area contributed by atoms with Crippen molar-refractivity contribution < 1.29 is 19.4 Å². The first-order chi connectivity index (χ1) is 8.08. The Balaban J connectivity index is 2.32. The Kier molecular flexibility index (Phi) is 5.21. The second kappa shape index (κ2) is 6.44. The first kappa shape index (κ1) is 13.8. The summed E-state index contributed by atoms with van der Waals surface area (Å²) in [5.41, 5.74) is 0. The second-order valence-electron chi connectivity index (χ2n) is 4.23. The highest BCUT2D eigenvalue weighted by atomic mass is 16.5. The molecule has 1 fully saturated rings. The highest BCUT2D eigenvalue weighted by Gasteiger charge is 2.26. The number of urea groups is 1. The van der Waals surface area contributed by atoms with Crippen molar-refractivity contribution in [3.05, 3.63) is 0 Å². The van der Waals surface area contributed by atoms with E-state index in [1.807, 2.05) is 6.92 Å². The summed E-state index contributed by atoms with van der Waals surface area (Å²) in [7, 11) is 1.31. The van der Waals surface area contributed by atoms with Gasteiger partial charge >= 0.3 is 12.0 Å². The lowest BCUT2D eigenvalue weighted by Crippen LogP contribution is -2.45. The van der Waals surface area contributed by atoms with E-state index in [-0.39, 0.29) is 12.6 Å². The molecule has 6 nitrogen and oxygen atoms in total. The molecule has 1 aliphatic rings. The fourth-order valence-corrected chi connectivity index (χ4v) is 1.53. The number of methoxy groups -OCH3 is 1. The van der Waals surface area contributed by atoms with Crippen molar-refractivity contribution in [2.45, 2.75) is 25.9 Å². The number of amides is 2. The number of nitrogens with one attached hydrogen (secondary N) is 1. The molecule has 0 spiro atoms. The van der Waals surface area contributed by atoms with Gasteiger partial charge in [-0.3, -0.25) is 0 Å². The Morgan fingerprint density at radius 3 is 2.59 bits per heavy atom. The van der Waals surface area contributed by atoms with Crippen molar-refractivity contribution in [1.82, 2.24) is 10.2 Å². The van der Waals surface area contributed by atoms with E-state index in [4.69, 9.17) is 9.84 Å². The summed E-state index contributed by atoms with van der Waals surface area (Å²) in [5.74, 6) is -0.448. The molecule has 17 heavy (non-hydrogen) atoms. The minimum Gasteiger partial charge on any atom is -0.479 e. The molecular formula is C11H20N2O4. The predicted octanol–water partition coefficient (Wildman–Crippen LogP) is 0.527. The van der Waals surface area contributed by atoms with Gasteiger partial charge in [-0.05, 0) is 25.7 Å². The van der Waals surface area contributed by atoms with E-state index in [1.165, 1.54) is 20.0 Å². The third kappa shape index (κ3) is 4.60. The molecule has 0 aromatic heterocycles. The molecule has 0 aliphatic heterocycles.